The summed E-state index contributed by atoms with van der Waals surface area (Å²) in [7, 11) is 0. The van der Waals surface area contributed by atoms with E-state index in [1.165, 1.54) is 0 Å². The average molecular weight is 364 g/mol. The van der Waals surface area contributed by atoms with Crippen LogP contribution in [0.5, 0.6) is 0 Å². The molecule has 128 valence electrons. The Balaban J connectivity index is 1.58. The first-order valence-electron chi connectivity index (χ1n) is 7.59. The van der Waals surface area contributed by atoms with Crippen LogP contribution in [0, 0.1) is 13.8 Å². The van der Waals surface area contributed by atoms with E-state index in [1.54, 1.807) is 23.1 Å². The molecule has 0 aliphatic carbocycles. The van der Waals surface area contributed by atoms with Crippen LogP contribution in [0.2, 0.25) is 0 Å². The fourth-order valence-corrected chi connectivity index (χ4v) is 3.67. The van der Waals surface area contributed by atoms with Gasteiger partial charge in [0, 0.05) is 18.0 Å². The number of benzene rings is 1. The minimum atomic E-state index is -0.310. The second-order valence-electron chi connectivity index (χ2n) is 5.23. The molecule has 2 aromatic rings. The Kier molecular flexibility index (Phi) is 7.20. The van der Waals surface area contributed by atoms with Crippen LogP contribution < -0.4 is 10.6 Å². The van der Waals surface area contributed by atoms with Crippen molar-refractivity contribution in [3.8, 4) is 0 Å². The van der Waals surface area contributed by atoms with Crippen molar-refractivity contribution >= 4 is 40.6 Å². The molecular formula is C16H20N4O2S2. The minimum absolute atomic E-state index is 0.170. The lowest BCUT2D eigenvalue weighted by Crippen LogP contribution is -2.29. The Hall–Kier alpha value is -1.93. The number of hydrogen-bond donors (Lipinski definition) is 2. The first-order chi connectivity index (χ1) is 11.5. The van der Waals surface area contributed by atoms with Gasteiger partial charge in [-0.3, -0.25) is 9.59 Å². The summed E-state index contributed by atoms with van der Waals surface area (Å²) in [5.41, 5.74) is 1.81. The van der Waals surface area contributed by atoms with Gasteiger partial charge >= 0.3 is 0 Å². The Morgan fingerprint density at radius 1 is 1.12 bits per heavy atom. The molecule has 2 N–H and O–H groups in total. The van der Waals surface area contributed by atoms with Crippen molar-refractivity contribution < 1.29 is 9.59 Å². The molecular weight excluding hydrogens is 344 g/mol. The number of aryl methyl sites for hydroxylation is 2. The number of nitrogens with zero attached hydrogens (tertiary/aromatic N) is 2. The highest BCUT2D eigenvalue weighted by Gasteiger charge is 2.09. The van der Waals surface area contributed by atoms with Crippen LogP contribution >= 0.6 is 23.1 Å². The van der Waals surface area contributed by atoms with Gasteiger partial charge < -0.3 is 10.6 Å². The maximum Gasteiger partial charge on any atom is 0.233 e. The third-order valence-electron chi connectivity index (χ3n) is 3.03. The highest BCUT2D eigenvalue weighted by molar-refractivity contribution is 8.01. The van der Waals surface area contributed by atoms with E-state index >= 15 is 0 Å². The Bertz CT molecular complexity index is 686. The molecule has 0 saturated heterocycles. The van der Waals surface area contributed by atoms with E-state index in [4.69, 9.17) is 0 Å². The summed E-state index contributed by atoms with van der Waals surface area (Å²) in [6, 6.07) is 7.45. The topological polar surface area (TPSA) is 84.0 Å². The number of carbonyl (C=O) groups is 2. The summed E-state index contributed by atoms with van der Waals surface area (Å²) in [6.45, 7) is 4.44. The van der Waals surface area contributed by atoms with E-state index in [0.29, 0.717) is 12.2 Å². The molecule has 2 rings (SSSR count). The number of rotatable bonds is 8. The molecule has 1 aromatic carbocycles. The summed E-state index contributed by atoms with van der Waals surface area (Å²) in [5, 5.41) is 14.4. The molecule has 0 aliphatic heterocycles. The zero-order valence-corrected chi connectivity index (χ0v) is 15.3. The Morgan fingerprint density at radius 2 is 1.88 bits per heavy atom. The van der Waals surface area contributed by atoms with E-state index in [0.717, 1.165) is 27.1 Å². The third-order valence-corrected chi connectivity index (χ3v) is 5.09. The molecule has 0 bridgehead atoms. The predicted molar refractivity (Wildman–Crippen MR) is 97.4 cm³/mol. The molecule has 1 heterocycles. The largest absolute Gasteiger partial charge is 0.356 e. The fraction of sp³-hybridized carbons (Fsp3) is 0.375. The number of anilines is 1. The predicted octanol–water partition coefficient (Wildman–Crippen LogP) is 2.78. The standard InChI is InChI=1S/C16H20N4O2S2/c1-11-4-6-13(7-5-11)18-15(22)10-14(21)17-8-3-9-23-16-20-19-12(2)24-16/h4-7H,3,8-10H2,1-2H3,(H,17,21)(H,18,22). The monoisotopic (exact) mass is 364 g/mol. The summed E-state index contributed by atoms with van der Waals surface area (Å²) in [4.78, 5) is 23.5. The quantitative estimate of drug-likeness (QED) is 0.427. The molecule has 8 heteroatoms. The van der Waals surface area contributed by atoms with Crippen molar-refractivity contribution in [1.82, 2.24) is 15.5 Å². The van der Waals surface area contributed by atoms with Gasteiger partial charge in [0.1, 0.15) is 11.4 Å². The SMILES string of the molecule is Cc1ccc(NC(=O)CC(=O)NCCCSc2nnc(C)s2)cc1. The van der Waals surface area contributed by atoms with Crippen molar-refractivity contribution in [2.75, 3.05) is 17.6 Å². The maximum atomic E-state index is 11.8. The fourth-order valence-electron chi connectivity index (χ4n) is 1.85. The first kappa shape index (κ1) is 18.4. The normalized spacial score (nSPS) is 10.4. The maximum absolute atomic E-state index is 11.8. The molecule has 0 atom stereocenters. The molecule has 0 radical (unpaired) electrons. The second kappa shape index (κ2) is 9.39. The van der Waals surface area contributed by atoms with Crippen LogP contribution in [0.3, 0.4) is 0 Å². The van der Waals surface area contributed by atoms with E-state index in [1.807, 2.05) is 38.1 Å². The van der Waals surface area contributed by atoms with Crippen molar-refractivity contribution in [3.05, 3.63) is 34.8 Å². The van der Waals surface area contributed by atoms with Gasteiger partial charge in [-0.2, -0.15) is 0 Å². The Labute approximate surface area is 149 Å². The summed E-state index contributed by atoms with van der Waals surface area (Å²) < 4.78 is 0.941. The Morgan fingerprint density at radius 3 is 2.54 bits per heavy atom. The van der Waals surface area contributed by atoms with E-state index in [2.05, 4.69) is 20.8 Å². The van der Waals surface area contributed by atoms with Crippen molar-refractivity contribution in [3.63, 3.8) is 0 Å². The number of amides is 2. The third kappa shape index (κ3) is 6.67. The van der Waals surface area contributed by atoms with E-state index in [-0.39, 0.29) is 18.2 Å². The number of thioether (sulfide) groups is 1. The van der Waals surface area contributed by atoms with Gasteiger partial charge in [0.2, 0.25) is 11.8 Å². The average Bonchev–Trinajstić information content (AvgIpc) is 2.94. The van der Waals surface area contributed by atoms with Crippen LogP contribution in [0.25, 0.3) is 0 Å². The molecule has 0 saturated carbocycles. The highest BCUT2D eigenvalue weighted by atomic mass is 32.2. The van der Waals surface area contributed by atoms with Gasteiger partial charge in [-0.15, -0.1) is 10.2 Å². The summed E-state index contributed by atoms with van der Waals surface area (Å²) >= 11 is 3.19. The van der Waals surface area contributed by atoms with Gasteiger partial charge in [-0.1, -0.05) is 40.8 Å². The lowest BCUT2D eigenvalue weighted by atomic mass is 10.2. The van der Waals surface area contributed by atoms with Crippen molar-refractivity contribution in [2.24, 2.45) is 0 Å². The summed E-state index contributed by atoms with van der Waals surface area (Å²) in [5.74, 6) is 0.274. The molecule has 2 amide bonds. The zero-order chi connectivity index (χ0) is 17.4. The molecule has 6 nitrogen and oxygen atoms in total. The zero-order valence-electron chi connectivity index (χ0n) is 13.7. The number of carbonyl (C=O) groups excluding carboxylic acids is 2. The van der Waals surface area contributed by atoms with Crippen molar-refractivity contribution in [1.29, 1.82) is 0 Å². The molecule has 24 heavy (non-hydrogen) atoms. The molecule has 0 unspecified atom stereocenters. The molecule has 0 aliphatic rings. The number of hydrogen-bond acceptors (Lipinski definition) is 6. The van der Waals surface area contributed by atoms with Crippen LogP contribution in [0.4, 0.5) is 5.69 Å². The van der Waals surface area contributed by atoms with Crippen molar-refractivity contribution in [2.45, 2.75) is 31.0 Å². The number of nitrogens with one attached hydrogen (secondary N) is 2. The minimum Gasteiger partial charge on any atom is -0.356 e. The van der Waals surface area contributed by atoms with E-state index < -0.39 is 0 Å². The van der Waals surface area contributed by atoms with Crippen LogP contribution in [0.15, 0.2) is 28.6 Å². The number of aromatic nitrogens is 2. The van der Waals surface area contributed by atoms with Gasteiger partial charge in [-0.05, 0) is 32.4 Å². The van der Waals surface area contributed by atoms with Gasteiger partial charge in [0.05, 0.1) is 0 Å². The van der Waals surface area contributed by atoms with Gasteiger partial charge in [-0.25, -0.2) is 0 Å². The molecule has 0 spiro atoms. The van der Waals surface area contributed by atoms with Gasteiger partial charge in [0.25, 0.3) is 0 Å². The van der Waals surface area contributed by atoms with E-state index in [9.17, 15) is 9.59 Å². The highest BCUT2D eigenvalue weighted by Crippen LogP contribution is 2.21. The molecule has 1 aromatic heterocycles. The van der Waals surface area contributed by atoms with Crippen LogP contribution in [-0.2, 0) is 9.59 Å². The second-order valence-corrected chi connectivity index (χ2v) is 7.75. The van der Waals surface area contributed by atoms with Gasteiger partial charge in [0.15, 0.2) is 4.34 Å². The van der Waals surface area contributed by atoms with Crippen LogP contribution in [0.1, 0.15) is 23.4 Å². The lowest BCUT2D eigenvalue weighted by Gasteiger charge is -2.06. The lowest BCUT2D eigenvalue weighted by molar-refractivity contribution is -0.126. The van der Waals surface area contributed by atoms with Crippen LogP contribution in [-0.4, -0.2) is 34.3 Å². The smallest absolute Gasteiger partial charge is 0.233 e. The first-order valence-corrected chi connectivity index (χ1v) is 9.39. The summed E-state index contributed by atoms with van der Waals surface area (Å²) in [6.07, 6.45) is 0.644. The molecule has 0 fully saturated rings.